The van der Waals surface area contributed by atoms with E-state index in [2.05, 4.69) is 30.5 Å². The minimum Gasteiger partial charge on any atom is -0.462 e. The molecule has 302 valence electrons. The Hall–Kier alpha value is -1.21. The van der Waals surface area contributed by atoms with Crippen molar-refractivity contribution in [1.82, 2.24) is 0 Å². The fourth-order valence-corrected chi connectivity index (χ4v) is 6.67. The second-order valence-corrected chi connectivity index (χ2v) is 15.9. The van der Waals surface area contributed by atoms with Gasteiger partial charge in [-0.05, 0) is 38.5 Å². The third-order valence-electron chi connectivity index (χ3n) is 9.53. The standard InChI is InChI=1S/C42H81O8P/c1-3-5-7-9-11-13-15-17-19-20-21-23-24-26-28-30-32-34-36-41(43)48-38-40(39-49-51(45,46)47)50-42(44)37-35-33-31-29-27-25-22-18-16-14-12-10-8-6-4-2/h18,22,40H,3-17,19-21,23-39H2,1-2H3,(H2,45,46,47)/b22-18-/t40-/m1/s1. The van der Waals surface area contributed by atoms with Gasteiger partial charge in [-0.25, -0.2) is 4.57 Å². The molecule has 0 heterocycles. The molecule has 2 N–H and O–H groups in total. The van der Waals surface area contributed by atoms with Gasteiger partial charge in [0.15, 0.2) is 6.10 Å². The van der Waals surface area contributed by atoms with Crippen molar-refractivity contribution in [2.45, 2.75) is 232 Å². The van der Waals surface area contributed by atoms with Crippen LogP contribution in [0.15, 0.2) is 12.2 Å². The molecule has 0 fully saturated rings. The minimum atomic E-state index is -4.75. The van der Waals surface area contributed by atoms with Gasteiger partial charge < -0.3 is 19.3 Å². The zero-order valence-electron chi connectivity index (χ0n) is 33.3. The Kier molecular flexibility index (Phi) is 37.6. The second-order valence-electron chi connectivity index (χ2n) is 14.7. The van der Waals surface area contributed by atoms with Gasteiger partial charge in [-0.2, -0.15) is 0 Å². The van der Waals surface area contributed by atoms with Crippen LogP contribution in [0.3, 0.4) is 0 Å². The van der Waals surface area contributed by atoms with E-state index in [9.17, 15) is 14.2 Å². The van der Waals surface area contributed by atoms with E-state index in [-0.39, 0.29) is 19.4 Å². The number of phosphoric ester groups is 1. The van der Waals surface area contributed by atoms with E-state index in [0.29, 0.717) is 6.42 Å². The SMILES string of the molecule is CCCCCCCC/C=C\CCCCCCCC(=O)O[C@H](COC(=O)CCCCCCCCCCCCCCCCCCCC)COP(=O)(O)O. The Labute approximate surface area is 314 Å². The van der Waals surface area contributed by atoms with Crippen LogP contribution in [0.25, 0.3) is 0 Å². The smallest absolute Gasteiger partial charge is 0.462 e. The lowest BCUT2D eigenvalue weighted by Crippen LogP contribution is -2.29. The quantitative estimate of drug-likeness (QED) is 0.0275. The fourth-order valence-electron chi connectivity index (χ4n) is 6.31. The van der Waals surface area contributed by atoms with E-state index in [1.807, 2.05) is 0 Å². The van der Waals surface area contributed by atoms with Gasteiger partial charge >= 0.3 is 19.8 Å². The first-order chi connectivity index (χ1) is 24.8. The molecule has 0 aromatic heterocycles. The molecule has 0 rings (SSSR count). The Balaban J connectivity index is 3.87. The number of ether oxygens (including phenoxy) is 2. The first-order valence-electron chi connectivity index (χ1n) is 21.5. The van der Waals surface area contributed by atoms with Crippen molar-refractivity contribution in [3.8, 4) is 0 Å². The van der Waals surface area contributed by atoms with Gasteiger partial charge in [0.05, 0.1) is 6.61 Å². The van der Waals surface area contributed by atoms with Crippen LogP contribution in [0.4, 0.5) is 0 Å². The van der Waals surface area contributed by atoms with E-state index >= 15 is 0 Å². The summed E-state index contributed by atoms with van der Waals surface area (Å²) in [6.45, 7) is 3.70. The van der Waals surface area contributed by atoms with E-state index < -0.39 is 32.5 Å². The Morgan fingerprint density at radius 3 is 1.20 bits per heavy atom. The number of rotatable bonds is 40. The van der Waals surface area contributed by atoms with Gasteiger partial charge in [0.2, 0.25) is 0 Å². The third kappa shape index (κ3) is 41.4. The summed E-state index contributed by atoms with van der Waals surface area (Å²) < 4.78 is 26.4. The minimum absolute atomic E-state index is 0.206. The van der Waals surface area contributed by atoms with E-state index in [0.717, 1.165) is 51.4 Å². The Bertz CT molecular complexity index is 843. The molecule has 0 unspecified atom stereocenters. The maximum atomic E-state index is 12.4. The molecule has 0 saturated heterocycles. The van der Waals surface area contributed by atoms with Crippen molar-refractivity contribution in [2.24, 2.45) is 0 Å². The van der Waals surface area contributed by atoms with Crippen molar-refractivity contribution >= 4 is 19.8 Å². The molecule has 0 spiro atoms. The highest BCUT2D eigenvalue weighted by atomic mass is 31.2. The zero-order valence-corrected chi connectivity index (χ0v) is 34.2. The second kappa shape index (κ2) is 38.5. The van der Waals surface area contributed by atoms with Crippen molar-refractivity contribution in [1.29, 1.82) is 0 Å². The lowest BCUT2D eigenvalue weighted by molar-refractivity contribution is -0.161. The highest BCUT2D eigenvalue weighted by molar-refractivity contribution is 7.46. The average Bonchev–Trinajstić information content (AvgIpc) is 3.10. The van der Waals surface area contributed by atoms with Crippen LogP contribution in [0.2, 0.25) is 0 Å². The lowest BCUT2D eigenvalue weighted by atomic mass is 10.0. The molecule has 0 aliphatic rings. The molecular formula is C42H81O8P. The summed E-state index contributed by atoms with van der Waals surface area (Å²) in [5, 5.41) is 0. The number of phosphoric acid groups is 1. The van der Waals surface area contributed by atoms with Crippen LogP contribution < -0.4 is 0 Å². The lowest BCUT2D eigenvalue weighted by Gasteiger charge is -2.18. The molecule has 0 aliphatic carbocycles. The van der Waals surface area contributed by atoms with Gasteiger partial charge in [-0.1, -0.05) is 187 Å². The summed E-state index contributed by atoms with van der Waals surface area (Å²) in [7, 11) is -4.75. The fraction of sp³-hybridized carbons (Fsp3) is 0.905. The summed E-state index contributed by atoms with van der Waals surface area (Å²) in [6.07, 6.45) is 42.2. The number of allylic oxidation sites excluding steroid dienone is 2. The average molecular weight is 745 g/mol. The van der Waals surface area contributed by atoms with Crippen LogP contribution in [-0.2, 0) is 28.2 Å². The molecule has 0 bridgehead atoms. The number of unbranched alkanes of at least 4 members (excludes halogenated alkanes) is 28. The van der Waals surface area contributed by atoms with Crippen molar-refractivity contribution in [3.63, 3.8) is 0 Å². The summed E-state index contributed by atoms with van der Waals surface area (Å²) in [5.74, 6) is -0.882. The number of esters is 2. The monoisotopic (exact) mass is 745 g/mol. The molecule has 0 aromatic rings. The van der Waals surface area contributed by atoms with Gasteiger partial charge in [-0.15, -0.1) is 0 Å². The molecule has 0 aromatic carbocycles. The van der Waals surface area contributed by atoms with Gasteiger partial charge in [0.1, 0.15) is 6.61 Å². The number of carbonyl (C=O) groups excluding carboxylic acids is 2. The molecule has 51 heavy (non-hydrogen) atoms. The molecular weight excluding hydrogens is 663 g/mol. The van der Waals surface area contributed by atoms with Crippen LogP contribution in [-0.4, -0.2) is 41.0 Å². The van der Waals surface area contributed by atoms with E-state index in [1.165, 1.54) is 141 Å². The topological polar surface area (TPSA) is 119 Å². The molecule has 0 radical (unpaired) electrons. The van der Waals surface area contributed by atoms with Crippen LogP contribution in [0.5, 0.6) is 0 Å². The van der Waals surface area contributed by atoms with Crippen LogP contribution >= 0.6 is 7.82 Å². The summed E-state index contributed by atoms with van der Waals surface area (Å²) in [5.41, 5.74) is 0. The van der Waals surface area contributed by atoms with Crippen LogP contribution in [0, 0.1) is 0 Å². The molecule has 1 atom stereocenters. The van der Waals surface area contributed by atoms with Crippen molar-refractivity contribution in [2.75, 3.05) is 13.2 Å². The maximum Gasteiger partial charge on any atom is 0.469 e. The zero-order chi connectivity index (χ0) is 37.5. The number of hydrogen-bond acceptors (Lipinski definition) is 6. The molecule has 8 nitrogen and oxygen atoms in total. The Morgan fingerprint density at radius 2 is 0.824 bits per heavy atom. The predicted octanol–water partition coefficient (Wildman–Crippen LogP) is 13.0. The normalized spacial score (nSPS) is 12.5. The first kappa shape index (κ1) is 49.8. The summed E-state index contributed by atoms with van der Waals surface area (Å²) in [6, 6.07) is 0. The summed E-state index contributed by atoms with van der Waals surface area (Å²) in [4.78, 5) is 42.8. The first-order valence-corrected chi connectivity index (χ1v) is 23.0. The highest BCUT2D eigenvalue weighted by Gasteiger charge is 2.22. The highest BCUT2D eigenvalue weighted by Crippen LogP contribution is 2.36. The van der Waals surface area contributed by atoms with Crippen molar-refractivity contribution < 1.29 is 37.9 Å². The predicted molar refractivity (Wildman–Crippen MR) is 212 cm³/mol. The van der Waals surface area contributed by atoms with Crippen molar-refractivity contribution in [3.05, 3.63) is 12.2 Å². The summed E-state index contributed by atoms with van der Waals surface area (Å²) >= 11 is 0. The van der Waals surface area contributed by atoms with Gasteiger partial charge in [-0.3, -0.25) is 14.1 Å². The van der Waals surface area contributed by atoms with Crippen LogP contribution in [0.1, 0.15) is 226 Å². The molecule has 9 heteroatoms. The maximum absolute atomic E-state index is 12.4. The molecule has 0 amide bonds. The number of hydrogen-bond donors (Lipinski definition) is 2. The van der Waals surface area contributed by atoms with E-state index in [1.54, 1.807) is 0 Å². The van der Waals surface area contributed by atoms with Gasteiger partial charge in [0, 0.05) is 12.8 Å². The molecule has 0 aliphatic heterocycles. The van der Waals surface area contributed by atoms with E-state index in [4.69, 9.17) is 19.3 Å². The third-order valence-corrected chi connectivity index (χ3v) is 10.0. The van der Waals surface area contributed by atoms with Gasteiger partial charge in [0.25, 0.3) is 0 Å². The number of carbonyl (C=O) groups is 2. The molecule has 0 saturated carbocycles. The largest absolute Gasteiger partial charge is 0.469 e. The Morgan fingerprint density at radius 1 is 0.490 bits per heavy atom.